The van der Waals surface area contributed by atoms with Crippen molar-refractivity contribution in [3.05, 3.63) is 65.9 Å². The number of carbonyl (C=O) groups is 2. The van der Waals surface area contributed by atoms with Crippen LogP contribution in [0.25, 0.3) is 17.0 Å². The van der Waals surface area contributed by atoms with Gasteiger partial charge in [-0.1, -0.05) is 23.4 Å². The minimum atomic E-state index is -0.505. The van der Waals surface area contributed by atoms with Crippen molar-refractivity contribution in [2.75, 3.05) is 25.0 Å². The lowest BCUT2D eigenvalue weighted by atomic mass is 10.0. The summed E-state index contributed by atoms with van der Waals surface area (Å²) in [7, 11) is 0. The second-order valence-corrected chi connectivity index (χ2v) is 7.67. The van der Waals surface area contributed by atoms with Gasteiger partial charge in [0, 0.05) is 30.5 Å². The Morgan fingerprint density at radius 1 is 1.25 bits per heavy atom. The highest BCUT2D eigenvalue weighted by molar-refractivity contribution is 6.04. The fourth-order valence-corrected chi connectivity index (χ4v) is 3.64. The third-order valence-electron chi connectivity index (χ3n) is 5.55. The van der Waals surface area contributed by atoms with Gasteiger partial charge in [0.2, 0.25) is 17.6 Å². The Hall–Kier alpha value is -4.05. The van der Waals surface area contributed by atoms with Crippen molar-refractivity contribution in [2.24, 2.45) is 0 Å². The standard InChI is InChI=1S/C22H20N6O4/c1-13-5-6-14(20-25-22(32-26-20)15-10-27(11-15)19(30)12-29)8-16(13)24-21(31)17-9-23-18-4-2-3-7-28(17)18/h2-9,15,29H,10-12H2,1H3,(H,24,31). The van der Waals surface area contributed by atoms with E-state index in [4.69, 9.17) is 9.63 Å². The molecule has 0 aliphatic carbocycles. The Morgan fingerprint density at radius 2 is 2.09 bits per heavy atom. The maximum atomic E-state index is 12.9. The zero-order valence-electron chi connectivity index (χ0n) is 17.2. The number of anilines is 1. The SMILES string of the molecule is Cc1ccc(-c2noc(C3CN(C(=O)CO)C3)n2)cc1NC(=O)c1cnc2ccccn12. The first-order valence-electron chi connectivity index (χ1n) is 10.1. The summed E-state index contributed by atoms with van der Waals surface area (Å²) >= 11 is 0. The zero-order chi connectivity index (χ0) is 22.2. The Bertz CT molecular complexity index is 1320. The molecule has 162 valence electrons. The van der Waals surface area contributed by atoms with Crippen LogP contribution in [0.4, 0.5) is 5.69 Å². The number of imidazole rings is 1. The molecular weight excluding hydrogens is 412 g/mol. The quantitative estimate of drug-likeness (QED) is 0.493. The van der Waals surface area contributed by atoms with Crippen molar-refractivity contribution in [3.8, 4) is 11.4 Å². The largest absolute Gasteiger partial charge is 0.387 e. The Kier molecular flexibility index (Phi) is 4.91. The summed E-state index contributed by atoms with van der Waals surface area (Å²) < 4.78 is 7.11. The van der Waals surface area contributed by atoms with Gasteiger partial charge in [-0.15, -0.1) is 0 Å². The summed E-state index contributed by atoms with van der Waals surface area (Å²) in [5, 5.41) is 15.9. The number of likely N-dealkylation sites (tertiary alicyclic amines) is 1. The number of carbonyl (C=O) groups excluding carboxylic acids is 2. The topological polar surface area (TPSA) is 126 Å². The Morgan fingerprint density at radius 3 is 2.91 bits per heavy atom. The van der Waals surface area contributed by atoms with Gasteiger partial charge in [0.05, 0.1) is 12.1 Å². The highest BCUT2D eigenvalue weighted by Gasteiger charge is 2.35. The van der Waals surface area contributed by atoms with Crippen LogP contribution < -0.4 is 5.32 Å². The van der Waals surface area contributed by atoms with Gasteiger partial charge >= 0.3 is 0 Å². The van der Waals surface area contributed by atoms with E-state index in [-0.39, 0.29) is 17.7 Å². The minimum absolute atomic E-state index is 0.0495. The van der Waals surface area contributed by atoms with Crippen LogP contribution >= 0.6 is 0 Å². The number of aliphatic hydroxyl groups excluding tert-OH is 1. The van der Waals surface area contributed by atoms with Gasteiger partial charge in [-0.2, -0.15) is 4.98 Å². The molecule has 2 N–H and O–H groups in total. The molecule has 2 amide bonds. The molecule has 1 aliphatic heterocycles. The predicted octanol–water partition coefficient (Wildman–Crippen LogP) is 1.86. The number of aryl methyl sites for hydroxylation is 1. The molecule has 1 aromatic carbocycles. The second-order valence-electron chi connectivity index (χ2n) is 7.67. The number of hydrogen-bond acceptors (Lipinski definition) is 7. The Balaban J connectivity index is 1.34. The van der Waals surface area contributed by atoms with E-state index >= 15 is 0 Å². The minimum Gasteiger partial charge on any atom is -0.387 e. The van der Waals surface area contributed by atoms with Crippen molar-refractivity contribution >= 4 is 23.1 Å². The van der Waals surface area contributed by atoms with Crippen LogP contribution in [-0.2, 0) is 4.79 Å². The lowest BCUT2D eigenvalue weighted by Gasteiger charge is -2.36. The van der Waals surface area contributed by atoms with Crippen LogP contribution in [0.3, 0.4) is 0 Å². The van der Waals surface area contributed by atoms with Crippen molar-refractivity contribution < 1.29 is 19.2 Å². The van der Waals surface area contributed by atoms with Gasteiger partial charge in [0.25, 0.3) is 5.91 Å². The van der Waals surface area contributed by atoms with Gasteiger partial charge in [0.1, 0.15) is 17.9 Å². The van der Waals surface area contributed by atoms with Crippen LogP contribution in [0.15, 0.2) is 53.3 Å². The summed E-state index contributed by atoms with van der Waals surface area (Å²) in [4.78, 5) is 34.6. The van der Waals surface area contributed by atoms with Crippen molar-refractivity contribution in [1.29, 1.82) is 0 Å². The van der Waals surface area contributed by atoms with E-state index < -0.39 is 6.61 Å². The van der Waals surface area contributed by atoms with Crippen LogP contribution in [0.1, 0.15) is 27.9 Å². The van der Waals surface area contributed by atoms with Gasteiger partial charge in [-0.3, -0.25) is 14.0 Å². The average Bonchev–Trinajstić information content (AvgIpc) is 3.41. The summed E-state index contributed by atoms with van der Waals surface area (Å²) in [6.07, 6.45) is 3.33. The summed E-state index contributed by atoms with van der Waals surface area (Å²) in [6, 6.07) is 11.1. The monoisotopic (exact) mass is 432 g/mol. The van der Waals surface area contributed by atoms with Crippen molar-refractivity contribution in [3.63, 3.8) is 0 Å². The summed E-state index contributed by atoms with van der Waals surface area (Å²) in [5.74, 6) is 0.203. The van der Waals surface area contributed by atoms with Crippen LogP contribution in [0.5, 0.6) is 0 Å². The number of hydrogen-bond donors (Lipinski definition) is 2. The Labute approximate surface area is 182 Å². The molecule has 10 nitrogen and oxygen atoms in total. The average molecular weight is 432 g/mol. The number of fused-ring (bicyclic) bond motifs is 1. The summed E-state index contributed by atoms with van der Waals surface area (Å²) in [6.45, 7) is 2.27. The predicted molar refractivity (Wildman–Crippen MR) is 114 cm³/mol. The van der Waals surface area contributed by atoms with Gasteiger partial charge < -0.3 is 19.8 Å². The molecule has 0 bridgehead atoms. The number of nitrogens with zero attached hydrogens (tertiary/aromatic N) is 5. The third-order valence-corrected chi connectivity index (χ3v) is 5.55. The van der Waals surface area contributed by atoms with Gasteiger partial charge in [-0.25, -0.2) is 4.98 Å². The van der Waals surface area contributed by atoms with Crippen LogP contribution in [0, 0.1) is 6.92 Å². The molecule has 0 radical (unpaired) electrons. The molecule has 32 heavy (non-hydrogen) atoms. The number of aromatic nitrogens is 4. The molecule has 4 aromatic rings. The summed E-state index contributed by atoms with van der Waals surface area (Å²) in [5.41, 5.74) is 3.34. The first-order valence-corrected chi connectivity index (χ1v) is 10.1. The fraction of sp³-hybridized carbons (Fsp3) is 0.227. The molecule has 0 atom stereocenters. The van der Waals surface area contributed by atoms with Gasteiger partial charge in [0.15, 0.2) is 0 Å². The van der Waals surface area contributed by atoms with Crippen LogP contribution in [0.2, 0.25) is 0 Å². The van der Waals surface area contributed by atoms with E-state index in [1.807, 2.05) is 37.3 Å². The highest BCUT2D eigenvalue weighted by atomic mass is 16.5. The maximum absolute atomic E-state index is 12.9. The number of benzene rings is 1. The smallest absolute Gasteiger partial charge is 0.274 e. The first-order chi connectivity index (χ1) is 15.5. The highest BCUT2D eigenvalue weighted by Crippen LogP contribution is 2.29. The zero-order valence-corrected chi connectivity index (χ0v) is 17.2. The van der Waals surface area contributed by atoms with Crippen LogP contribution in [-0.4, -0.2) is 61.0 Å². The molecule has 1 saturated heterocycles. The molecule has 4 heterocycles. The molecule has 3 aromatic heterocycles. The van der Waals surface area contributed by atoms with E-state index in [0.717, 1.165) is 5.56 Å². The van der Waals surface area contributed by atoms with E-state index in [0.29, 0.717) is 47.4 Å². The van der Waals surface area contributed by atoms with Gasteiger partial charge in [-0.05, 0) is 30.7 Å². The molecule has 1 fully saturated rings. The lowest BCUT2D eigenvalue weighted by molar-refractivity contribution is -0.139. The molecule has 0 unspecified atom stereocenters. The fourth-order valence-electron chi connectivity index (χ4n) is 3.64. The number of amides is 2. The molecule has 1 aliphatic rings. The molecule has 0 spiro atoms. The number of rotatable bonds is 5. The second kappa shape index (κ2) is 7.89. The normalized spacial score (nSPS) is 13.9. The molecule has 10 heteroatoms. The van der Waals surface area contributed by atoms with E-state index in [9.17, 15) is 9.59 Å². The van der Waals surface area contributed by atoms with Crippen molar-refractivity contribution in [1.82, 2.24) is 24.4 Å². The number of pyridine rings is 1. The van der Waals surface area contributed by atoms with E-state index in [1.165, 1.54) is 4.90 Å². The lowest BCUT2D eigenvalue weighted by Crippen LogP contribution is -2.49. The third kappa shape index (κ3) is 3.50. The number of nitrogens with one attached hydrogen (secondary N) is 1. The molecule has 0 saturated carbocycles. The van der Waals surface area contributed by atoms with E-state index in [1.54, 1.807) is 22.9 Å². The molecular formula is C22H20N6O4. The van der Waals surface area contributed by atoms with Crippen molar-refractivity contribution in [2.45, 2.75) is 12.8 Å². The maximum Gasteiger partial charge on any atom is 0.274 e. The number of aliphatic hydroxyl groups is 1. The molecule has 5 rings (SSSR count). The van der Waals surface area contributed by atoms with E-state index in [2.05, 4.69) is 20.4 Å². The first kappa shape index (κ1) is 19.9.